The number of aromatic nitrogens is 1. The van der Waals surface area contributed by atoms with Crippen molar-refractivity contribution < 1.29 is 0 Å². The molecule has 2 rings (SSSR count). The Hall–Kier alpha value is -1.29. The second-order valence-corrected chi connectivity index (χ2v) is 4.76. The topological polar surface area (TPSA) is 40.2 Å². The molecule has 0 aromatic carbocycles. The van der Waals surface area contributed by atoms with Crippen molar-refractivity contribution >= 4 is 11.5 Å². The second kappa shape index (κ2) is 5.87. The molecule has 0 aliphatic carbocycles. The highest BCUT2D eigenvalue weighted by Crippen LogP contribution is 2.17. The van der Waals surface area contributed by atoms with E-state index in [2.05, 4.69) is 40.6 Å². The maximum absolute atomic E-state index is 4.26. The predicted octanol–water partition coefficient (Wildman–Crippen LogP) is 1.88. The quantitative estimate of drug-likeness (QED) is 0.816. The number of hydrogen-bond acceptors (Lipinski definition) is 4. The third-order valence-electron chi connectivity index (χ3n) is 3.20. The van der Waals surface area contributed by atoms with Crippen molar-refractivity contribution in [1.82, 2.24) is 9.88 Å². The van der Waals surface area contributed by atoms with E-state index in [0.717, 1.165) is 30.5 Å². The minimum absolute atomic E-state index is 0.774. The molecule has 1 unspecified atom stereocenters. The van der Waals surface area contributed by atoms with Crippen molar-refractivity contribution in [2.45, 2.75) is 13.3 Å². The summed E-state index contributed by atoms with van der Waals surface area (Å²) in [5, 5.41) is 6.72. The first-order chi connectivity index (χ1) is 8.28. The Morgan fingerprint density at radius 1 is 1.47 bits per heavy atom. The smallest absolute Gasteiger partial charge is 0.127 e. The summed E-state index contributed by atoms with van der Waals surface area (Å²) in [6.45, 7) is 6.48. The molecule has 1 saturated heterocycles. The zero-order valence-corrected chi connectivity index (χ0v) is 10.7. The van der Waals surface area contributed by atoms with Crippen LogP contribution in [0.5, 0.6) is 0 Å². The molecule has 4 heteroatoms. The average molecular weight is 234 g/mol. The van der Waals surface area contributed by atoms with Crippen molar-refractivity contribution in [2.24, 2.45) is 5.92 Å². The molecule has 1 aliphatic heterocycles. The molecule has 1 fully saturated rings. The van der Waals surface area contributed by atoms with Gasteiger partial charge in [-0.15, -0.1) is 0 Å². The molecule has 94 valence electrons. The van der Waals surface area contributed by atoms with E-state index in [9.17, 15) is 0 Å². The Bertz CT molecular complexity index is 353. The summed E-state index contributed by atoms with van der Waals surface area (Å²) in [6.07, 6.45) is 3.15. The third kappa shape index (κ3) is 3.60. The monoisotopic (exact) mass is 234 g/mol. The molecule has 0 saturated carbocycles. The lowest BCUT2D eigenvalue weighted by Crippen LogP contribution is -2.19. The molecule has 0 amide bonds. The van der Waals surface area contributed by atoms with E-state index in [1.54, 1.807) is 0 Å². The van der Waals surface area contributed by atoms with Gasteiger partial charge in [-0.25, -0.2) is 4.98 Å². The van der Waals surface area contributed by atoms with Crippen LogP contribution in [0, 0.1) is 5.92 Å². The molecule has 17 heavy (non-hydrogen) atoms. The van der Waals surface area contributed by atoms with Gasteiger partial charge in [0.25, 0.3) is 0 Å². The van der Waals surface area contributed by atoms with Gasteiger partial charge in [0, 0.05) is 37.6 Å². The lowest BCUT2D eigenvalue weighted by atomic mass is 10.1. The summed E-state index contributed by atoms with van der Waals surface area (Å²) in [5.41, 5.74) is 1.16. The molecule has 1 aliphatic rings. The number of hydrogen-bond donors (Lipinski definition) is 2. The molecule has 4 nitrogen and oxygen atoms in total. The summed E-state index contributed by atoms with van der Waals surface area (Å²) in [7, 11) is 2.19. The van der Waals surface area contributed by atoms with Crippen molar-refractivity contribution in [1.29, 1.82) is 0 Å². The standard InChI is InChI=1S/C13H22N4/c1-3-14-13-8-12(4-6-15-13)16-9-11-5-7-17(2)10-11/h4,6,8,11H,3,5,7,9-10H2,1-2H3,(H2,14,15,16). The summed E-state index contributed by atoms with van der Waals surface area (Å²) >= 11 is 0. The molecule has 2 heterocycles. The normalized spacial score (nSPS) is 20.5. The first-order valence-electron chi connectivity index (χ1n) is 6.40. The van der Waals surface area contributed by atoms with Gasteiger partial charge in [-0.05, 0) is 38.9 Å². The molecule has 1 atom stereocenters. The Balaban J connectivity index is 1.83. The lowest BCUT2D eigenvalue weighted by Gasteiger charge is -2.13. The predicted molar refractivity (Wildman–Crippen MR) is 72.5 cm³/mol. The largest absolute Gasteiger partial charge is 0.385 e. The minimum Gasteiger partial charge on any atom is -0.385 e. The van der Waals surface area contributed by atoms with E-state index in [0.29, 0.717) is 0 Å². The summed E-state index contributed by atoms with van der Waals surface area (Å²) in [5.74, 6) is 1.72. The van der Waals surface area contributed by atoms with Crippen LogP contribution in [0.4, 0.5) is 11.5 Å². The van der Waals surface area contributed by atoms with Crippen LogP contribution >= 0.6 is 0 Å². The molecule has 0 radical (unpaired) electrons. The number of nitrogens with zero attached hydrogens (tertiary/aromatic N) is 2. The fourth-order valence-electron chi connectivity index (χ4n) is 2.27. The molecular weight excluding hydrogens is 212 g/mol. The van der Waals surface area contributed by atoms with Crippen LogP contribution in [0.2, 0.25) is 0 Å². The number of likely N-dealkylation sites (tertiary alicyclic amines) is 1. The van der Waals surface area contributed by atoms with Crippen LogP contribution in [-0.2, 0) is 0 Å². The van der Waals surface area contributed by atoms with Gasteiger partial charge in [0.2, 0.25) is 0 Å². The van der Waals surface area contributed by atoms with Gasteiger partial charge >= 0.3 is 0 Å². The first-order valence-corrected chi connectivity index (χ1v) is 6.40. The van der Waals surface area contributed by atoms with E-state index in [-0.39, 0.29) is 0 Å². The molecule has 1 aromatic rings. The van der Waals surface area contributed by atoms with Crippen molar-refractivity contribution in [3.05, 3.63) is 18.3 Å². The molecule has 0 bridgehead atoms. The van der Waals surface area contributed by atoms with Gasteiger partial charge in [-0.2, -0.15) is 0 Å². The number of nitrogens with one attached hydrogen (secondary N) is 2. The van der Waals surface area contributed by atoms with Crippen LogP contribution in [0.25, 0.3) is 0 Å². The van der Waals surface area contributed by atoms with E-state index in [1.807, 2.05) is 12.3 Å². The van der Waals surface area contributed by atoms with Crippen LogP contribution < -0.4 is 10.6 Å². The highest BCUT2D eigenvalue weighted by Gasteiger charge is 2.18. The SMILES string of the molecule is CCNc1cc(NCC2CCN(C)C2)ccn1. The summed E-state index contributed by atoms with van der Waals surface area (Å²) < 4.78 is 0. The Labute approximate surface area is 103 Å². The summed E-state index contributed by atoms with van der Waals surface area (Å²) in [4.78, 5) is 6.65. The minimum atomic E-state index is 0.774. The maximum Gasteiger partial charge on any atom is 0.127 e. The van der Waals surface area contributed by atoms with Gasteiger partial charge < -0.3 is 15.5 Å². The number of anilines is 2. The highest BCUT2D eigenvalue weighted by atomic mass is 15.1. The van der Waals surface area contributed by atoms with E-state index in [4.69, 9.17) is 0 Å². The third-order valence-corrected chi connectivity index (χ3v) is 3.20. The van der Waals surface area contributed by atoms with Gasteiger partial charge in [0.15, 0.2) is 0 Å². The number of pyridine rings is 1. The van der Waals surface area contributed by atoms with Gasteiger partial charge in [-0.3, -0.25) is 0 Å². The summed E-state index contributed by atoms with van der Waals surface area (Å²) in [6, 6.07) is 4.10. The molecule has 2 N–H and O–H groups in total. The van der Waals surface area contributed by atoms with Crippen LogP contribution in [0.3, 0.4) is 0 Å². The fourth-order valence-corrected chi connectivity index (χ4v) is 2.27. The highest BCUT2D eigenvalue weighted by molar-refractivity contribution is 5.51. The zero-order chi connectivity index (χ0) is 12.1. The Morgan fingerprint density at radius 3 is 3.06 bits per heavy atom. The average Bonchev–Trinajstić information content (AvgIpc) is 2.74. The maximum atomic E-state index is 4.26. The zero-order valence-electron chi connectivity index (χ0n) is 10.7. The van der Waals surface area contributed by atoms with Gasteiger partial charge in [0.05, 0.1) is 0 Å². The fraction of sp³-hybridized carbons (Fsp3) is 0.615. The van der Waals surface area contributed by atoms with Crippen LogP contribution in [-0.4, -0.2) is 43.1 Å². The molecule has 0 spiro atoms. The molecular formula is C13H22N4. The second-order valence-electron chi connectivity index (χ2n) is 4.76. The first kappa shape index (κ1) is 12.2. The van der Waals surface area contributed by atoms with E-state index >= 15 is 0 Å². The van der Waals surface area contributed by atoms with Crippen molar-refractivity contribution in [3.8, 4) is 0 Å². The van der Waals surface area contributed by atoms with Crippen molar-refractivity contribution in [3.63, 3.8) is 0 Å². The Kier molecular flexibility index (Phi) is 4.20. The van der Waals surface area contributed by atoms with Crippen molar-refractivity contribution in [2.75, 3.05) is 43.9 Å². The lowest BCUT2D eigenvalue weighted by molar-refractivity contribution is 0.399. The Morgan fingerprint density at radius 2 is 2.35 bits per heavy atom. The van der Waals surface area contributed by atoms with E-state index < -0.39 is 0 Å². The van der Waals surface area contributed by atoms with Gasteiger partial charge in [0.1, 0.15) is 5.82 Å². The van der Waals surface area contributed by atoms with Crippen LogP contribution in [0.15, 0.2) is 18.3 Å². The molecule has 1 aromatic heterocycles. The van der Waals surface area contributed by atoms with E-state index in [1.165, 1.54) is 19.5 Å². The van der Waals surface area contributed by atoms with Crippen LogP contribution in [0.1, 0.15) is 13.3 Å². The van der Waals surface area contributed by atoms with Gasteiger partial charge in [-0.1, -0.05) is 0 Å². The number of rotatable bonds is 5.